The molecule has 29 heavy (non-hydrogen) atoms. The van der Waals surface area contributed by atoms with Gasteiger partial charge in [0, 0.05) is 59.5 Å². The predicted octanol–water partition coefficient (Wildman–Crippen LogP) is 3.08. The van der Waals surface area contributed by atoms with Crippen LogP contribution in [0.5, 0.6) is 5.75 Å². The van der Waals surface area contributed by atoms with Crippen molar-refractivity contribution in [2.45, 2.75) is 26.2 Å². The van der Waals surface area contributed by atoms with E-state index in [2.05, 4.69) is 27.0 Å². The number of hydrogen-bond acceptors (Lipinski definition) is 4. The lowest BCUT2D eigenvalue weighted by Gasteiger charge is -2.36. The number of aliphatic imine (C=N–C) groups is 1. The first-order valence-electron chi connectivity index (χ1n) is 10.7. The largest absolute Gasteiger partial charge is 0.492 e. The van der Waals surface area contributed by atoms with Gasteiger partial charge in [-0.2, -0.15) is 0 Å². The first-order valence-corrected chi connectivity index (χ1v) is 10.7. The van der Waals surface area contributed by atoms with Crippen molar-refractivity contribution in [3.63, 3.8) is 0 Å². The average molecular weight is 516 g/mol. The Balaban J connectivity index is 0.00000300. The van der Waals surface area contributed by atoms with Crippen LogP contribution in [0.25, 0.3) is 0 Å². The van der Waals surface area contributed by atoms with Crippen LogP contribution in [-0.2, 0) is 4.74 Å². The minimum Gasteiger partial charge on any atom is -0.492 e. The van der Waals surface area contributed by atoms with Crippen LogP contribution in [0.4, 0.5) is 0 Å². The zero-order valence-corrected chi connectivity index (χ0v) is 20.3. The number of nitrogens with zero attached hydrogens (tertiary/aromatic N) is 3. The van der Waals surface area contributed by atoms with Gasteiger partial charge in [-0.3, -0.25) is 9.89 Å². The second-order valence-electron chi connectivity index (χ2n) is 7.84. The van der Waals surface area contributed by atoms with Gasteiger partial charge in [0.2, 0.25) is 0 Å². The van der Waals surface area contributed by atoms with Crippen LogP contribution in [0.15, 0.2) is 35.3 Å². The van der Waals surface area contributed by atoms with Gasteiger partial charge < -0.3 is 19.7 Å². The molecule has 1 saturated heterocycles. The monoisotopic (exact) mass is 516 g/mol. The maximum Gasteiger partial charge on any atom is 0.193 e. The quantitative estimate of drug-likeness (QED) is 0.224. The molecule has 2 fully saturated rings. The zero-order valence-electron chi connectivity index (χ0n) is 17.9. The van der Waals surface area contributed by atoms with E-state index in [4.69, 9.17) is 9.47 Å². The van der Waals surface area contributed by atoms with E-state index in [1.807, 2.05) is 37.4 Å². The summed E-state index contributed by atoms with van der Waals surface area (Å²) >= 11 is 0. The minimum atomic E-state index is 0. The Morgan fingerprint density at radius 2 is 1.83 bits per heavy atom. The van der Waals surface area contributed by atoms with E-state index in [1.165, 1.54) is 12.8 Å². The Morgan fingerprint density at radius 1 is 1.10 bits per heavy atom. The van der Waals surface area contributed by atoms with Crippen molar-refractivity contribution in [1.82, 2.24) is 15.1 Å². The highest BCUT2D eigenvalue weighted by Crippen LogP contribution is 2.48. The van der Waals surface area contributed by atoms with E-state index in [9.17, 15) is 0 Å². The van der Waals surface area contributed by atoms with Crippen LogP contribution in [0, 0.1) is 5.41 Å². The molecule has 1 aliphatic carbocycles. The van der Waals surface area contributed by atoms with Crippen molar-refractivity contribution in [2.75, 3.05) is 66.1 Å². The Kier molecular flexibility index (Phi) is 10.5. The maximum atomic E-state index is 5.83. The fourth-order valence-corrected chi connectivity index (χ4v) is 3.72. The first kappa shape index (κ1) is 24.2. The smallest absolute Gasteiger partial charge is 0.193 e. The van der Waals surface area contributed by atoms with E-state index in [0.29, 0.717) is 5.41 Å². The standard InChI is InChI=1S/C22H36N4O2.HI/c1-3-27-17-11-22(9-10-22)19-24-21(23-2)26-14-12-25(13-15-26)16-18-28-20-7-5-4-6-8-20;/h4-8H,3,9-19H2,1-2H3,(H,23,24);1H. The van der Waals surface area contributed by atoms with Crippen molar-refractivity contribution in [2.24, 2.45) is 10.4 Å². The van der Waals surface area contributed by atoms with E-state index in [-0.39, 0.29) is 24.0 Å². The topological polar surface area (TPSA) is 49.3 Å². The molecule has 0 spiro atoms. The molecule has 0 aromatic heterocycles. The van der Waals surface area contributed by atoms with Gasteiger partial charge in [-0.05, 0) is 43.7 Å². The number of halogens is 1. The zero-order chi connectivity index (χ0) is 19.7. The minimum absolute atomic E-state index is 0. The summed E-state index contributed by atoms with van der Waals surface area (Å²) in [5.74, 6) is 1.99. The molecule has 3 rings (SSSR count). The van der Waals surface area contributed by atoms with E-state index in [1.54, 1.807) is 0 Å². The van der Waals surface area contributed by atoms with Gasteiger partial charge in [0.25, 0.3) is 0 Å². The molecule has 1 heterocycles. The first-order chi connectivity index (χ1) is 13.7. The molecule has 0 bridgehead atoms. The molecule has 6 nitrogen and oxygen atoms in total. The lowest BCUT2D eigenvalue weighted by atomic mass is 10.0. The number of guanidine groups is 1. The third kappa shape index (κ3) is 7.94. The molecule has 1 N–H and O–H groups in total. The molecule has 0 radical (unpaired) electrons. The fraction of sp³-hybridized carbons (Fsp3) is 0.682. The van der Waals surface area contributed by atoms with Gasteiger partial charge in [-0.1, -0.05) is 18.2 Å². The van der Waals surface area contributed by atoms with E-state index in [0.717, 1.165) is 77.2 Å². The Morgan fingerprint density at radius 3 is 2.45 bits per heavy atom. The molecule has 0 unspecified atom stereocenters. The summed E-state index contributed by atoms with van der Waals surface area (Å²) in [6, 6.07) is 10.0. The molecule has 0 amide bonds. The summed E-state index contributed by atoms with van der Waals surface area (Å²) in [4.78, 5) is 9.37. The van der Waals surface area contributed by atoms with Gasteiger partial charge in [0.1, 0.15) is 12.4 Å². The molecule has 0 atom stereocenters. The lowest BCUT2D eigenvalue weighted by molar-refractivity contribution is 0.128. The normalized spacial score (nSPS) is 18.8. The average Bonchev–Trinajstić information content (AvgIpc) is 3.50. The van der Waals surface area contributed by atoms with Gasteiger partial charge in [0.05, 0.1) is 0 Å². The molecule has 7 heteroatoms. The van der Waals surface area contributed by atoms with Gasteiger partial charge >= 0.3 is 0 Å². The maximum absolute atomic E-state index is 5.83. The van der Waals surface area contributed by atoms with Crippen LogP contribution in [0.3, 0.4) is 0 Å². The molecular formula is C22H37IN4O2. The number of rotatable bonds is 10. The van der Waals surface area contributed by atoms with Crippen molar-refractivity contribution in [3.05, 3.63) is 30.3 Å². The number of ether oxygens (including phenoxy) is 2. The molecule has 1 aromatic carbocycles. The van der Waals surface area contributed by atoms with Crippen molar-refractivity contribution >= 4 is 29.9 Å². The Labute approximate surface area is 193 Å². The van der Waals surface area contributed by atoms with E-state index >= 15 is 0 Å². The Bertz CT molecular complexity index is 602. The second kappa shape index (κ2) is 12.6. The predicted molar refractivity (Wildman–Crippen MR) is 130 cm³/mol. The Hall–Kier alpha value is -1.06. The number of benzene rings is 1. The van der Waals surface area contributed by atoms with Gasteiger partial charge in [-0.25, -0.2) is 0 Å². The van der Waals surface area contributed by atoms with Crippen molar-refractivity contribution in [3.8, 4) is 5.75 Å². The summed E-state index contributed by atoms with van der Waals surface area (Å²) < 4.78 is 11.4. The summed E-state index contributed by atoms with van der Waals surface area (Å²) in [5, 5.41) is 3.63. The molecule has 164 valence electrons. The van der Waals surface area contributed by atoms with Gasteiger partial charge in [0.15, 0.2) is 5.96 Å². The number of piperazine rings is 1. The number of para-hydroxylation sites is 1. The SMILES string of the molecule is CCOCCC1(CNC(=NC)N2CCN(CCOc3ccccc3)CC2)CC1.I. The highest BCUT2D eigenvalue weighted by atomic mass is 127. The molecule has 2 aliphatic rings. The third-order valence-corrected chi connectivity index (χ3v) is 5.86. The summed E-state index contributed by atoms with van der Waals surface area (Å²) in [7, 11) is 1.89. The fourth-order valence-electron chi connectivity index (χ4n) is 3.72. The van der Waals surface area contributed by atoms with Crippen molar-refractivity contribution in [1.29, 1.82) is 0 Å². The lowest BCUT2D eigenvalue weighted by Crippen LogP contribution is -2.53. The van der Waals surface area contributed by atoms with Crippen molar-refractivity contribution < 1.29 is 9.47 Å². The highest BCUT2D eigenvalue weighted by Gasteiger charge is 2.42. The van der Waals surface area contributed by atoms with E-state index < -0.39 is 0 Å². The molecular weight excluding hydrogens is 479 g/mol. The highest BCUT2D eigenvalue weighted by molar-refractivity contribution is 14.0. The molecule has 1 aliphatic heterocycles. The summed E-state index contributed by atoms with van der Waals surface area (Å²) in [5.41, 5.74) is 0.432. The second-order valence-corrected chi connectivity index (χ2v) is 7.84. The van der Waals surface area contributed by atoms with Crippen LogP contribution in [-0.4, -0.2) is 81.9 Å². The number of hydrogen-bond donors (Lipinski definition) is 1. The molecule has 1 saturated carbocycles. The molecule has 1 aromatic rings. The number of nitrogens with one attached hydrogen (secondary N) is 1. The van der Waals surface area contributed by atoms with Crippen LogP contribution in [0.2, 0.25) is 0 Å². The summed E-state index contributed by atoms with van der Waals surface area (Å²) in [6.07, 6.45) is 3.76. The third-order valence-electron chi connectivity index (χ3n) is 5.86. The van der Waals surface area contributed by atoms with Crippen LogP contribution >= 0.6 is 24.0 Å². The summed E-state index contributed by atoms with van der Waals surface area (Å²) in [6.45, 7) is 10.6. The van der Waals surface area contributed by atoms with Crippen LogP contribution in [0.1, 0.15) is 26.2 Å². The van der Waals surface area contributed by atoms with Crippen LogP contribution < -0.4 is 10.1 Å². The van der Waals surface area contributed by atoms with Gasteiger partial charge in [-0.15, -0.1) is 24.0 Å².